The van der Waals surface area contributed by atoms with Gasteiger partial charge in [0, 0.05) is 11.4 Å². The van der Waals surface area contributed by atoms with Crippen LogP contribution >= 0.6 is 0 Å². The fourth-order valence-electron chi connectivity index (χ4n) is 4.14. The summed E-state index contributed by atoms with van der Waals surface area (Å²) in [5.41, 5.74) is 16.2. The molecule has 2 amide bonds. The molecule has 0 heterocycles. The van der Waals surface area contributed by atoms with Crippen molar-refractivity contribution in [2.45, 2.75) is 37.5 Å². The Labute approximate surface area is 265 Å². The molecule has 0 unspecified atom stereocenters. The lowest BCUT2D eigenvalue weighted by molar-refractivity contribution is 0.262. The zero-order valence-corrected chi connectivity index (χ0v) is 26.6. The number of hydrogen-bond acceptors (Lipinski definition) is 11. The van der Waals surface area contributed by atoms with Crippen LogP contribution in [0, 0.1) is 27.7 Å². The number of anilines is 4. The second-order valence-corrected chi connectivity index (χ2v) is 13.1. The van der Waals surface area contributed by atoms with Gasteiger partial charge in [0.15, 0.2) is 0 Å². The molecule has 0 aliphatic heterocycles. The van der Waals surface area contributed by atoms with Gasteiger partial charge in [-0.15, -0.1) is 0 Å². The van der Waals surface area contributed by atoms with Crippen molar-refractivity contribution in [3.05, 3.63) is 82.9 Å². The molecule has 240 valence electrons. The molecule has 0 aliphatic rings. The Morgan fingerprint density at radius 1 is 0.587 bits per heavy atom. The number of rotatable bonds is 8. The van der Waals surface area contributed by atoms with E-state index in [2.05, 4.69) is 31.1 Å². The largest absolute Gasteiger partial charge is 0.399 e. The number of aryl methyl sites for hydroxylation is 4. The summed E-state index contributed by atoms with van der Waals surface area (Å²) in [5.74, 6) is 0. The van der Waals surface area contributed by atoms with Gasteiger partial charge in [-0.2, -0.15) is 37.3 Å². The van der Waals surface area contributed by atoms with E-state index in [-0.39, 0.29) is 22.7 Å². The minimum Gasteiger partial charge on any atom is -0.399 e. The number of carbonyl (C=O) groups excluding carboxylic acids is 1. The Bertz CT molecular complexity index is 2000. The molecule has 0 radical (unpaired) electrons. The van der Waals surface area contributed by atoms with Gasteiger partial charge in [0.2, 0.25) is 0 Å². The number of nitrogen functional groups attached to an aromatic ring is 2. The zero-order valence-electron chi connectivity index (χ0n) is 25.0. The van der Waals surface area contributed by atoms with Crippen LogP contribution in [-0.2, 0) is 20.2 Å². The predicted molar refractivity (Wildman–Crippen MR) is 174 cm³/mol. The van der Waals surface area contributed by atoms with Crippen molar-refractivity contribution in [3.63, 3.8) is 0 Å². The first-order chi connectivity index (χ1) is 21.4. The topological polar surface area (TPSA) is 251 Å². The predicted octanol–water partition coefficient (Wildman–Crippen LogP) is 7.05. The third-order valence-electron chi connectivity index (χ3n) is 6.70. The lowest BCUT2D eigenvalue weighted by Crippen LogP contribution is -2.22. The number of nitrogens with two attached hydrogens (primary N) is 2. The second-order valence-electron chi connectivity index (χ2n) is 10.3. The summed E-state index contributed by atoms with van der Waals surface area (Å²) < 4.78 is 68.3. The van der Waals surface area contributed by atoms with Crippen LogP contribution in [0.15, 0.2) is 90.9 Å². The van der Waals surface area contributed by atoms with Crippen molar-refractivity contribution < 1.29 is 30.7 Å². The number of hydrogen-bond donors (Lipinski definition) is 6. The average Bonchev–Trinajstić information content (AvgIpc) is 2.95. The van der Waals surface area contributed by atoms with Crippen LogP contribution in [0.3, 0.4) is 0 Å². The third-order valence-corrected chi connectivity index (χ3v) is 8.49. The Kier molecular flexibility index (Phi) is 9.52. The van der Waals surface area contributed by atoms with Crippen LogP contribution in [0.5, 0.6) is 0 Å². The number of nitrogens with zero attached hydrogens (tertiary/aromatic N) is 4. The standard InChI is InChI=1S/C29H30N8O7S2/c1-15-11-25(17(3)9-21(15)30)36-34-19-5-7-23(27(13-19)45(39,40)41)32-29(38)33-24-8-6-20(14-28(24)46(42,43)44)35-37-26-12-16(2)22(31)10-18(26)4/h5-14H,30-31H2,1-4H3,(H2,32,33,38)(H,39,40,41)(H,42,43,44). The van der Waals surface area contributed by atoms with E-state index in [1.54, 1.807) is 52.0 Å². The van der Waals surface area contributed by atoms with Crippen LogP contribution < -0.4 is 22.1 Å². The van der Waals surface area contributed by atoms with Crippen LogP contribution in [-0.4, -0.2) is 32.0 Å². The van der Waals surface area contributed by atoms with E-state index >= 15 is 0 Å². The Morgan fingerprint density at radius 3 is 1.30 bits per heavy atom. The summed E-state index contributed by atoms with van der Waals surface area (Å²) in [6.07, 6.45) is 0. The highest BCUT2D eigenvalue weighted by Crippen LogP contribution is 2.32. The van der Waals surface area contributed by atoms with E-state index in [9.17, 15) is 30.7 Å². The SMILES string of the molecule is Cc1cc(N=Nc2ccc(NC(=O)Nc3ccc(N=Nc4cc(C)c(N)cc4C)cc3S(=O)(=O)O)c(S(=O)(=O)O)c2)c(C)cc1N. The van der Waals surface area contributed by atoms with E-state index < -0.39 is 36.1 Å². The molecule has 0 fully saturated rings. The minimum atomic E-state index is -4.88. The van der Waals surface area contributed by atoms with Gasteiger partial charge in [-0.1, -0.05) is 0 Å². The number of nitrogens with one attached hydrogen (secondary N) is 2. The van der Waals surface area contributed by atoms with E-state index in [0.717, 1.165) is 46.5 Å². The van der Waals surface area contributed by atoms with E-state index in [4.69, 9.17) is 11.5 Å². The molecular weight excluding hydrogens is 637 g/mol. The molecular formula is C29H30N8O7S2. The molecule has 4 aromatic carbocycles. The fourth-order valence-corrected chi connectivity index (χ4v) is 5.47. The summed E-state index contributed by atoms with van der Waals surface area (Å²) in [5, 5.41) is 20.8. The molecule has 46 heavy (non-hydrogen) atoms. The number of urea groups is 1. The molecule has 0 saturated carbocycles. The van der Waals surface area contributed by atoms with Crippen molar-refractivity contribution in [1.82, 2.24) is 0 Å². The van der Waals surface area contributed by atoms with Crippen LogP contribution in [0.1, 0.15) is 22.3 Å². The third kappa shape index (κ3) is 8.07. The maximum absolute atomic E-state index is 12.8. The summed E-state index contributed by atoms with van der Waals surface area (Å²) in [6.45, 7) is 7.12. The second kappa shape index (κ2) is 13.0. The molecule has 8 N–H and O–H groups in total. The van der Waals surface area contributed by atoms with Gasteiger partial charge in [0.05, 0.1) is 34.1 Å². The molecule has 0 atom stereocenters. The number of benzene rings is 4. The molecule has 15 nitrogen and oxygen atoms in total. The monoisotopic (exact) mass is 666 g/mol. The van der Waals surface area contributed by atoms with Gasteiger partial charge < -0.3 is 22.1 Å². The van der Waals surface area contributed by atoms with Gasteiger partial charge in [-0.3, -0.25) is 9.11 Å². The Hall–Kier alpha value is -5.23. The molecule has 0 aromatic heterocycles. The van der Waals surface area contributed by atoms with Gasteiger partial charge >= 0.3 is 6.03 Å². The van der Waals surface area contributed by atoms with Gasteiger partial charge in [0.1, 0.15) is 9.79 Å². The maximum Gasteiger partial charge on any atom is 0.323 e. The molecule has 17 heteroatoms. The van der Waals surface area contributed by atoms with Crippen molar-refractivity contribution >= 4 is 71.8 Å². The summed E-state index contributed by atoms with van der Waals surface area (Å²) >= 11 is 0. The van der Waals surface area contributed by atoms with Crippen molar-refractivity contribution in [3.8, 4) is 0 Å². The fraction of sp³-hybridized carbons (Fsp3) is 0.138. The van der Waals surface area contributed by atoms with E-state index in [1.807, 2.05) is 0 Å². The van der Waals surface area contributed by atoms with Crippen LogP contribution in [0.25, 0.3) is 0 Å². The van der Waals surface area contributed by atoms with Crippen LogP contribution in [0.4, 0.5) is 50.3 Å². The highest BCUT2D eigenvalue weighted by atomic mass is 32.2. The van der Waals surface area contributed by atoms with Crippen molar-refractivity contribution in [1.29, 1.82) is 0 Å². The first kappa shape index (κ1) is 33.7. The Balaban J connectivity index is 1.59. The molecule has 0 spiro atoms. The number of amides is 2. The number of carbonyl (C=O) groups is 1. The highest BCUT2D eigenvalue weighted by Gasteiger charge is 2.21. The number of azo groups is 2. The van der Waals surface area contributed by atoms with E-state index in [1.165, 1.54) is 12.1 Å². The summed E-state index contributed by atoms with van der Waals surface area (Å²) in [4.78, 5) is 11.4. The average molecular weight is 667 g/mol. The molecule has 0 aliphatic carbocycles. The van der Waals surface area contributed by atoms with Gasteiger partial charge in [-0.25, -0.2) is 4.79 Å². The quantitative estimate of drug-likeness (QED) is 0.0639. The van der Waals surface area contributed by atoms with Gasteiger partial charge in [0.25, 0.3) is 20.2 Å². The summed E-state index contributed by atoms with van der Waals surface area (Å²) in [6, 6.07) is 12.7. The summed E-state index contributed by atoms with van der Waals surface area (Å²) in [7, 11) is -9.76. The van der Waals surface area contributed by atoms with Crippen LogP contribution in [0.2, 0.25) is 0 Å². The Morgan fingerprint density at radius 2 is 0.957 bits per heavy atom. The first-order valence-electron chi connectivity index (χ1n) is 13.3. The maximum atomic E-state index is 12.8. The molecule has 0 bridgehead atoms. The normalized spacial score (nSPS) is 12.1. The highest BCUT2D eigenvalue weighted by molar-refractivity contribution is 7.86. The van der Waals surface area contributed by atoms with E-state index in [0.29, 0.717) is 22.7 Å². The van der Waals surface area contributed by atoms with Gasteiger partial charge in [-0.05, 0) is 111 Å². The smallest absolute Gasteiger partial charge is 0.323 e. The molecule has 4 rings (SSSR count). The first-order valence-corrected chi connectivity index (χ1v) is 16.2. The molecule has 0 saturated heterocycles. The molecule has 4 aromatic rings. The lowest BCUT2D eigenvalue weighted by Gasteiger charge is -2.13. The zero-order chi connectivity index (χ0) is 34.0. The van der Waals surface area contributed by atoms with Crippen molar-refractivity contribution in [2.75, 3.05) is 22.1 Å². The minimum absolute atomic E-state index is 0.0372. The lowest BCUT2D eigenvalue weighted by atomic mass is 10.1. The van der Waals surface area contributed by atoms with Crippen molar-refractivity contribution in [2.24, 2.45) is 20.5 Å².